The molecule has 3 N–H and O–H groups in total. The molecule has 0 spiro atoms. The minimum atomic E-state index is -3.46. The Kier molecular flexibility index (Phi) is 6.91. The molecule has 0 radical (unpaired) electrons. The fourth-order valence-corrected chi connectivity index (χ4v) is 6.01. The molecular weight excluding hydrogens is 442 g/mol. The normalized spacial score (nSPS) is 14.2. The van der Waals surface area contributed by atoms with Crippen LogP contribution in [0, 0.1) is 0 Å². The van der Waals surface area contributed by atoms with E-state index in [1.807, 2.05) is 12.1 Å². The maximum Gasteiger partial charge on any atom is 0.259 e. The van der Waals surface area contributed by atoms with Gasteiger partial charge in [-0.05, 0) is 53.1 Å². The molecule has 1 heterocycles. The summed E-state index contributed by atoms with van der Waals surface area (Å²) in [7, 11) is -3.46. The number of aliphatic hydroxyl groups is 1. The first-order valence-electron chi connectivity index (χ1n) is 10.6. The van der Waals surface area contributed by atoms with Crippen molar-refractivity contribution in [1.82, 2.24) is 4.98 Å². The van der Waals surface area contributed by atoms with Gasteiger partial charge in [0.2, 0.25) is 0 Å². The molecule has 2 aromatic carbocycles. The third-order valence-corrected chi connectivity index (χ3v) is 8.52. The number of nitrogens with two attached hydrogens (primary N) is 1. The highest BCUT2D eigenvalue weighted by Crippen LogP contribution is 2.35. The molecule has 0 bridgehead atoms. The Morgan fingerprint density at radius 1 is 1.22 bits per heavy atom. The maximum atomic E-state index is 13.1. The van der Waals surface area contributed by atoms with Gasteiger partial charge < -0.3 is 5.11 Å². The largest absolute Gasteiger partial charge is 0.383 e. The highest BCUT2D eigenvalue weighted by molar-refractivity contribution is 7.93. The quantitative estimate of drug-likeness (QED) is 0.510. The molecule has 3 rings (SSSR count). The van der Waals surface area contributed by atoms with Crippen molar-refractivity contribution in [2.45, 2.75) is 69.6 Å². The van der Waals surface area contributed by atoms with E-state index in [2.05, 4.69) is 55.2 Å². The molecule has 1 aromatic heterocycles. The van der Waals surface area contributed by atoms with Gasteiger partial charge in [0.05, 0.1) is 12.6 Å². The van der Waals surface area contributed by atoms with Crippen molar-refractivity contribution >= 4 is 37.9 Å². The molecule has 0 aliphatic heterocycles. The zero-order valence-electron chi connectivity index (χ0n) is 19.4. The predicted molar refractivity (Wildman–Crippen MR) is 131 cm³/mol. The Balaban J connectivity index is 2.08. The first-order chi connectivity index (χ1) is 14.8. The van der Waals surface area contributed by atoms with Crippen LogP contribution in [-0.4, -0.2) is 20.2 Å². The molecule has 1 amide bonds. The van der Waals surface area contributed by atoms with E-state index in [0.717, 1.165) is 38.8 Å². The maximum absolute atomic E-state index is 13.1. The number of rotatable bonds is 6. The first kappa shape index (κ1) is 24.5. The monoisotopic (exact) mass is 473 g/mol. The van der Waals surface area contributed by atoms with Crippen molar-refractivity contribution in [1.29, 1.82) is 0 Å². The van der Waals surface area contributed by atoms with Gasteiger partial charge in [-0.3, -0.25) is 4.79 Å². The van der Waals surface area contributed by atoms with Crippen molar-refractivity contribution in [2.75, 3.05) is 0 Å². The summed E-state index contributed by atoms with van der Waals surface area (Å²) in [5.41, 5.74) is 1.94. The summed E-state index contributed by atoms with van der Waals surface area (Å²) in [5, 5.41) is 18.7. The van der Waals surface area contributed by atoms with Gasteiger partial charge in [0.15, 0.2) is 9.92 Å². The van der Waals surface area contributed by atoms with E-state index in [4.69, 9.17) is 5.14 Å². The Bertz CT molecular complexity index is 1280. The molecule has 0 saturated heterocycles. The molecule has 32 heavy (non-hydrogen) atoms. The Hall–Kier alpha value is -2.13. The van der Waals surface area contributed by atoms with Crippen molar-refractivity contribution in [3.05, 3.63) is 58.2 Å². The van der Waals surface area contributed by atoms with Crippen molar-refractivity contribution in [2.24, 2.45) is 9.50 Å². The second kappa shape index (κ2) is 9.02. The lowest BCUT2D eigenvalue weighted by Gasteiger charge is -2.22. The predicted octanol–water partition coefficient (Wildman–Crippen LogP) is 5.24. The number of nitrogens with zero attached hydrogens (tertiary/aromatic N) is 2. The SMILES string of the molecule is CC(C)c1cc2ccccc2c(C(C)C)c1CC(=O)N=S(N)(=O)c1cnc(C(C)(C)O)s1. The smallest absolute Gasteiger partial charge is 0.259 e. The lowest BCUT2D eigenvalue weighted by atomic mass is 9.83. The van der Waals surface area contributed by atoms with Crippen LogP contribution in [0.15, 0.2) is 45.1 Å². The van der Waals surface area contributed by atoms with Crippen LogP contribution >= 0.6 is 11.3 Å². The summed E-state index contributed by atoms with van der Waals surface area (Å²) in [4.78, 5) is 17.1. The van der Waals surface area contributed by atoms with Gasteiger partial charge >= 0.3 is 0 Å². The second-order valence-corrected chi connectivity index (χ2v) is 12.2. The van der Waals surface area contributed by atoms with Gasteiger partial charge in [0.1, 0.15) is 14.8 Å². The van der Waals surface area contributed by atoms with E-state index >= 15 is 0 Å². The van der Waals surface area contributed by atoms with E-state index in [1.54, 1.807) is 13.8 Å². The topological polar surface area (TPSA) is 106 Å². The second-order valence-electron chi connectivity index (χ2n) is 9.16. The fourth-order valence-electron chi connectivity index (χ4n) is 3.87. The molecule has 6 nitrogen and oxygen atoms in total. The van der Waals surface area contributed by atoms with Gasteiger partial charge in [0, 0.05) is 0 Å². The van der Waals surface area contributed by atoms with E-state index < -0.39 is 21.4 Å². The molecule has 1 unspecified atom stereocenters. The third-order valence-electron chi connectivity index (χ3n) is 5.30. The van der Waals surface area contributed by atoms with Crippen molar-refractivity contribution in [3.63, 3.8) is 0 Å². The van der Waals surface area contributed by atoms with Crippen LogP contribution in [0.5, 0.6) is 0 Å². The van der Waals surface area contributed by atoms with Crippen LogP contribution < -0.4 is 5.14 Å². The van der Waals surface area contributed by atoms with Crippen LogP contribution in [0.2, 0.25) is 0 Å². The molecule has 0 saturated carbocycles. The molecule has 3 aromatic rings. The van der Waals surface area contributed by atoms with Gasteiger partial charge in [0.25, 0.3) is 5.91 Å². The molecule has 8 heteroatoms. The highest BCUT2D eigenvalue weighted by Gasteiger charge is 2.24. The van der Waals surface area contributed by atoms with E-state index in [0.29, 0.717) is 5.01 Å². The Morgan fingerprint density at radius 3 is 2.44 bits per heavy atom. The zero-order chi connectivity index (χ0) is 23.8. The third kappa shape index (κ3) is 5.09. The van der Waals surface area contributed by atoms with Crippen LogP contribution in [0.4, 0.5) is 0 Å². The van der Waals surface area contributed by atoms with E-state index in [9.17, 15) is 14.1 Å². The summed E-state index contributed by atoms with van der Waals surface area (Å²) in [6, 6.07) is 10.3. The summed E-state index contributed by atoms with van der Waals surface area (Å²) < 4.78 is 17.1. The van der Waals surface area contributed by atoms with Crippen LogP contribution in [0.25, 0.3) is 10.8 Å². The van der Waals surface area contributed by atoms with Crippen LogP contribution in [0.1, 0.15) is 75.1 Å². The van der Waals surface area contributed by atoms with E-state index in [-0.39, 0.29) is 22.5 Å². The van der Waals surface area contributed by atoms with Gasteiger partial charge in [-0.25, -0.2) is 14.3 Å². The molecule has 0 fully saturated rings. The fraction of sp³-hybridized carbons (Fsp3) is 0.417. The molecule has 172 valence electrons. The number of aromatic nitrogens is 1. The number of benzene rings is 2. The highest BCUT2D eigenvalue weighted by atomic mass is 32.2. The average Bonchev–Trinajstić information content (AvgIpc) is 3.18. The van der Waals surface area contributed by atoms with Crippen LogP contribution in [-0.2, 0) is 26.7 Å². The van der Waals surface area contributed by atoms with Crippen molar-refractivity contribution < 1.29 is 14.1 Å². The number of carbonyl (C=O) groups excluding carboxylic acids is 1. The number of carbonyl (C=O) groups is 1. The van der Waals surface area contributed by atoms with E-state index in [1.165, 1.54) is 6.20 Å². The minimum absolute atomic E-state index is 0.0250. The summed E-state index contributed by atoms with van der Waals surface area (Å²) in [5.74, 6) is -0.132. The summed E-state index contributed by atoms with van der Waals surface area (Å²) in [6.45, 7) is 11.6. The number of thiazole rings is 1. The van der Waals surface area contributed by atoms with Gasteiger partial charge in [-0.2, -0.15) is 0 Å². The molecule has 0 aliphatic rings. The van der Waals surface area contributed by atoms with Gasteiger partial charge in [-0.1, -0.05) is 58.0 Å². The average molecular weight is 474 g/mol. The number of amides is 1. The number of hydrogen-bond donors (Lipinski definition) is 2. The lowest BCUT2D eigenvalue weighted by Crippen LogP contribution is -2.16. The first-order valence-corrected chi connectivity index (χ1v) is 13.0. The zero-order valence-corrected chi connectivity index (χ0v) is 21.0. The number of fused-ring (bicyclic) bond motifs is 1. The van der Waals surface area contributed by atoms with Crippen LogP contribution in [0.3, 0.4) is 0 Å². The lowest BCUT2D eigenvalue weighted by molar-refractivity contribution is -0.117. The standard InChI is InChI=1S/C24H31N3O3S2/c1-14(2)18-11-16-9-7-8-10-17(16)22(15(3)4)19(18)12-20(28)27-32(25,30)21-13-26-23(31-21)24(5,6)29/h7-11,13-15,29H,12H2,1-6H3,(H2,25,27,28,30). The number of hydrogen-bond acceptors (Lipinski definition) is 5. The Labute approximate surface area is 194 Å². The van der Waals surface area contributed by atoms with Crippen molar-refractivity contribution in [3.8, 4) is 0 Å². The minimum Gasteiger partial charge on any atom is -0.383 e. The molecule has 1 atom stereocenters. The molecular formula is C24H31N3O3S2. The van der Waals surface area contributed by atoms with Gasteiger partial charge in [-0.15, -0.1) is 15.7 Å². The Morgan fingerprint density at radius 2 is 1.88 bits per heavy atom. The molecule has 0 aliphatic carbocycles. The summed E-state index contributed by atoms with van der Waals surface area (Å²) >= 11 is 1.01. The summed E-state index contributed by atoms with van der Waals surface area (Å²) in [6.07, 6.45) is 1.35.